The van der Waals surface area contributed by atoms with Gasteiger partial charge in [0.05, 0.1) is 0 Å². The van der Waals surface area contributed by atoms with Gasteiger partial charge >= 0.3 is 0 Å². The van der Waals surface area contributed by atoms with Gasteiger partial charge in [-0.1, -0.05) is 5.92 Å². The summed E-state index contributed by atoms with van der Waals surface area (Å²) in [5.74, 6) is 6.66. The summed E-state index contributed by atoms with van der Waals surface area (Å²) in [4.78, 5) is 4.32. The van der Waals surface area contributed by atoms with E-state index in [1.165, 1.54) is 18.5 Å². The zero-order valence-corrected chi connectivity index (χ0v) is 7.17. The fraction of sp³-hybridized carbons (Fsp3) is 0.364. The molecule has 0 radical (unpaired) electrons. The molecule has 1 aromatic rings. The molecule has 1 heterocycles. The van der Waals surface area contributed by atoms with Gasteiger partial charge in [0.25, 0.3) is 0 Å². The van der Waals surface area contributed by atoms with Crippen molar-refractivity contribution in [2.45, 2.75) is 25.7 Å². The molecule has 1 nitrogen and oxygen atoms in total. The van der Waals surface area contributed by atoms with Crippen molar-refractivity contribution < 1.29 is 0 Å². The monoisotopic (exact) mass is 157 g/mol. The molecular weight excluding hydrogens is 146 g/mol. The molecule has 0 amide bonds. The first kappa shape index (κ1) is 7.36. The Hall–Kier alpha value is -1.29. The van der Waals surface area contributed by atoms with E-state index in [0.29, 0.717) is 0 Å². The SMILES string of the molecule is CC#Cc1ccnc(C2CC2)c1. The third-order valence-corrected chi connectivity index (χ3v) is 2.05. The van der Waals surface area contributed by atoms with Crippen molar-refractivity contribution in [3.8, 4) is 11.8 Å². The van der Waals surface area contributed by atoms with Crippen LogP contribution in [0.15, 0.2) is 18.3 Å². The zero-order valence-electron chi connectivity index (χ0n) is 7.17. The highest BCUT2D eigenvalue weighted by Gasteiger charge is 2.24. The molecule has 0 aromatic carbocycles. The Morgan fingerprint density at radius 1 is 1.50 bits per heavy atom. The van der Waals surface area contributed by atoms with Gasteiger partial charge in [-0.05, 0) is 31.9 Å². The third kappa shape index (κ3) is 1.48. The molecule has 1 aliphatic carbocycles. The molecule has 0 bridgehead atoms. The van der Waals surface area contributed by atoms with E-state index in [1.807, 2.05) is 19.2 Å². The summed E-state index contributed by atoms with van der Waals surface area (Å²) in [6.45, 7) is 1.86. The summed E-state index contributed by atoms with van der Waals surface area (Å²) in [6, 6.07) is 4.07. The second-order valence-corrected chi connectivity index (χ2v) is 3.12. The van der Waals surface area contributed by atoms with Crippen LogP contribution in [0.3, 0.4) is 0 Å². The summed E-state index contributed by atoms with van der Waals surface area (Å²) in [5.41, 5.74) is 2.31. The second kappa shape index (κ2) is 2.98. The number of hydrogen-bond acceptors (Lipinski definition) is 1. The van der Waals surface area contributed by atoms with Gasteiger partial charge < -0.3 is 0 Å². The van der Waals surface area contributed by atoms with E-state index in [-0.39, 0.29) is 0 Å². The van der Waals surface area contributed by atoms with Gasteiger partial charge in [0, 0.05) is 23.4 Å². The Morgan fingerprint density at radius 2 is 2.33 bits per heavy atom. The minimum absolute atomic E-state index is 0.726. The average molecular weight is 157 g/mol. The van der Waals surface area contributed by atoms with Crippen LogP contribution in [0.25, 0.3) is 0 Å². The van der Waals surface area contributed by atoms with Crippen LogP contribution in [0, 0.1) is 11.8 Å². The van der Waals surface area contributed by atoms with Gasteiger partial charge in [-0.2, -0.15) is 0 Å². The Labute approximate surface area is 72.8 Å². The zero-order chi connectivity index (χ0) is 8.39. The van der Waals surface area contributed by atoms with Crippen LogP contribution in [-0.2, 0) is 0 Å². The van der Waals surface area contributed by atoms with Crippen LogP contribution in [0.4, 0.5) is 0 Å². The Balaban J connectivity index is 2.30. The van der Waals surface area contributed by atoms with E-state index in [4.69, 9.17) is 0 Å². The predicted octanol–water partition coefficient (Wildman–Crippen LogP) is 2.33. The highest BCUT2D eigenvalue weighted by atomic mass is 14.7. The first-order valence-corrected chi connectivity index (χ1v) is 4.29. The smallest absolute Gasteiger partial charge is 0.0446 e. The maximum Gasteiger partial charge on any atom is 0.0446 e. The summed E-state index contributed by atoms with van der Waals surface area (Å²) < 4.78 is 0. The van der Waals surface area contributed by atoms with Crippen molar-refractivity contribution in [3.05, 3.63) is 29.6 Å². The molecule has 0 unspecified atom stereocenters. The van der Waals surface area contributed by atoms with Crippen LogP contribution in [-0.4, -0.2) is 4.98 Å². The Bertz CT molecular complexity index is 340. The van der Waals surface area contributed by atoms with Crippen molar-refractivity contribution in [1.29, 1.82) is 0 Å². The maximum atomic E-state index is 4.32. The fourth-order valence-electron chi connectivity index (χ4n) is 1.27. The fourth-order valence-corrected chi connectivity index (χ4v) is 1.27. The molecule has 12 heavy (non-hydrogen) atoms. The summed E-state index contributed by atoms with van der Waals surface area (Å²) in [6.07, 6.45) is 4.46. The number of aromatic nitrogens is 1. The average Bonchev–Trinajstić information content (AvgIpc) is 2.88. The predicted molar refractivity (Wildman–Crippen MR) is 48.8 cm³/mol. The first-order valence-electron chi connectivity index (χ1n) is 4.29. The molecular formula is C11H11N. The van der Waals surface area contributed by atoms with Crippen LogP contribution in [0.1, 0.15) is 36.9 Å². The van der Waals surface area contributed by atoms with Crippen LogP contribution >= 0.6 is 0 Å². The maximum absolute atomic E-state index is 4.32. The van der Waals surface area contributed by atoms with Gasteiger partial charge in [0.2, 0.25) is 0 Å². The quantitative estimate of drug-likeness (QED) is 0.570. The lowest BCUT2D eigenvalue weighted by Crippen LogP contribution is -1.86. The first-order chi connectivity index (χ1) is 5.90. The lowest BCUT2D eigenvalue weighted by molar-refractivity contribution is 1.02. The molecule has 1 aliphatic rings. The standard InChI is InChI=1S/C11H11N/c1-2-3-9-6-7-12-11(8-9)10-4-5-10/h6-8,10H,4-5H2,1H3. The van der Waals surface area contributed by atoms with E-state index >= 15 is 0 Å². The molecule has 0 saturated heterocycles. The summed E-state index contributed by atoms with van der Waals surface area (Å²) in [7, 11) is 0. The van der Waals surface area contributed by atoms with E-state index in [9.17, 15) is 0 Å². The molecule has 0 spiro atoms. The van der Waals surface area contributed by atoms with Gasteiger partial charge in [-0.15, -0.1) is 5.92 Å². The Kier molecular flexibility index (Phi) is 1.83. The lowest BCUT2D eigenvalue weighted by atomic mass is 10.2. The lowest BCUT2D eigenvalue weighted by Gasteiger charge is -1.95. The van der Waals surface area contributed by atoms with E-state index in [2.05, 4.69) is 22.9 Å². The molecule has 0 atom stereocenters. The molecule has 0 N–H and O–H groups in total. The van der Waals surface area contributed by atoms with Crippen LogP contribution in [0.5, 0.6) is 0 Å². The van der Waals surface area contributed by atoms with E-state index < -0.39 is 0 Å². The van der Waals surface area contributed by atoms with E-state index in [0.717, 1.165) is 11.5 Å². The highest BCUT2D eigenvalue weighted by Crippen LogP contribution is 2.38. The summed E-state index contributed by atoms with van der Waals surface area (Å²) in [5, 5.41) is 0. The Morgan fingerprint density at radius 3 is 3.00 bits per heavy atom. The minimum Gasteiger partial charge on any atom is -0.261 e. The van der Waals surface area contributed by atoms with Crippen LogP contribution in [0.2, 0.25) is 0 Å². The number of nitrogens with zero attached hydrogens (tertiary/aromatic N) is 1. The highest BCUT2D eigenvalue weighted by molar-refractivity contribution is 5.35. The number of pyridine rings is 1. The van der Waals surface area contributed by atoms with E-state index in [1.54, 1.807) is 0 Å². The molecule has 1 heteroatoms. The molecule has 1 saturated carbocycles. The molecule has 1 fully saturated rings. The summed E-state index contributed by atoms with van der Waals surface area (Å²) >= 11 is 0. The van der Waals surface area contributed by atoms with Gasteiger partial charge in [-0.3, -0.25) is 4.98 Å². The third-order valence-electron chi connectivity index (χ3n) is 2.05. The van der Waals surface area contributed by atoms with Crippen molar-refractivity contribution in [1.82, 2.24) is 4.98 Å². The second-order valence-electron chi connectivity index (χ2n) is 3.12. The van der Waals surface area contributed by atoms with Crippen molar-refractivity contribution in [2.75, 3.05) is 0 Å². The molecule has 0 aliphatic heterocycles. The van der Waals surface area contributed by atoms with Gasteiger partial charge in [0.15, 0.2) is 0 Å². The minimum atomic E-state index is 0.726. The van der Waals surface area contributed by atoms with Gasteiger partial charge in [-0.25, -0.2) is 0 Å². The normalized spacial score (nSPS) is 15.1. The van der Waals surface area contributed by atoms with Crippen molar-refractivity contribution in [2.24, 2.45) is 0 Å². The van der Waals surface area contributed by atoms with Gasteiger partial charge in [0.1, 0.15) is 0 Å². The molecule has 2 rings (SSSR count). The topological polar surface area (TPSA) is 12.9 Å². The van der Waals surface area contributed by atoms with Crippen molar-refractivity contribution in [3.63, 3.8) is 0 Å². The number of rotatable bonds is 1. The molecule has 1 aromatic heterocycles. The van der Waals surface area contributed by atoms with Crippen molar-refractivity contribution >= 4 is 0 Å². The largest absolute Gasteiger partial charge is 0.261 e. The van der Waals surface area contributed by atoms with Crippen LogP contribution < -0.4 is 0 Å². The number of hydrogen-bond donors (Lipinski definition) is 0. The molecule has 60 valence electrons.